The van der Waals surface area contributed by atoms with Gasteiger partial charge in [-0.2, -0.15) is 0 Å². The standard InChI is InChI=1S/C17H34O2/c1-5-8-12-15(10-6-2)13-9-14-16(11-7-3)17(18)19-4/h15-16H,5-14H2,1-4H3. The van der Waals surface area contributed by atoms with Gasteiger partial charge in [-0.15, -0.1) is 0 Å². The molecule has 0 aliphatic rings. The van der Waals surface area contributed by atoms with E-state index in [-0.39, 0.29) is 11.9 Å². The lowest BCUT2D eigenvalue weighted by molar-refractivity contribution is -0.146. The quantitative estimate of drug-likeness (QED) is 0.447. The van der Waals surface area contributed by atoms with Crippen molar-refractivity contribution >= 4 is 5.97 Å². The Kier molecular flexibility index (Phi) is 12.2. The van der Waals surface area contributed by atoms with Crippen molar-refractivity contribution in [3.05, 3.63) is 0 Å². The van der Waals surface area contributed by atoms with Crippen molar-refractivity contribution in [2.45, 2.75) is 85.0 Å². The second-order valence-corrected chi connectivity index (χ2v) is 5.74. The van der Waals surface area contributed by atoms with Gasteiger partial charge in [0.15, 0.2) is 0 Å². The number of hydrogen-bond donors (Lipinski definition) is 0. The molecule has 0 bridgehead atoms. The summed E-state index contributed by atoms with van der Waals surface area (Å²) in [6, 6.07) is 0. The molecule has 0 aliphatic carbocycles. The molecule has 0 saturated carbocycles. The summed E-state index contributed by atoms with van der Waals surface area (Å²) in [5.74, 6) is 0.982. The topological polar surface area (TPSA) is 26.3 Å². The number of ether oxygens (including phenoxy) is 1. The minimum absolute atomic E-state index is 0.0116. The van der Waals surface area contributed by atoms with Crippen LogP contribution in [0.25, 0.3) is 0 Å². The van der Waals surface area contributed by atoms with Gasteiger partial charge in [0.25, 0.3) is 0 Å². The van der Waals surface area contributed by atoms with Crippen LogP contribution >= 0.6 is 0 Å². The van der Waals surface area contributed by atoms with Gasteiger partial charge in [0.1, 0.15) is 0 Å². The first kappa shape index (κ1) is 18.5. The zero-order valence-corrected chi connectivity index (χ0v) is 13.5. The Labute approximate surface area is 120 Å². The number of esters is 1. The molecule has 0 aromatic rings. The number of unbranched alkanes of at least 4 members (excludes halogenated alkanes) is 1. The summed E-state index contributed by atoms with van der Waals surface area (Å²) in [4.78, 5) is 11.7. The molecule has 19 heavy (non-hydrogen) atoms. The van der Waals surface area contributed by atoms with E-state index in [0.29, 0.717) is 0 Å². The predicted octanol–water partition coefficient (Wildman–Crippen LogP) is 5.35. The molecule has 0 amide bonds. The Hall–Kier alpha value is -0.530. The summed E-state index contributed by atoms with van der Waals surface area (Å²) >= 11 is 0. The number of methoxy groups -OCH3 is 1. The smallest absolute Gasteiger partial charge is 0.308 e. The van der Waals surface area contributed by atoms with E-state index >= 15 is 0 Å². The molecule has 0 aliphatic heterocycles. The third-order valence-corrected chi connectivity index (χ3v) is 4.00. The van der Waals surface area contributed by atoms with E-state index in [1.807, 2.05) is 0 Å². The van der Waals surface area contributed by atoms with Crippen molar-refractivity contribution in [3.8, 4) is 0 Å². The van der Waals surface area contributed by atoms with Crippen molar-refractivity contribution in [2.75, 3.05) is 7.11 Å². The largest absolute Gasteiger partial charge is 0.469 e. The van der Waals surface area contributed by atoms with Crippen LogP contribution in [0.3, 0.4) is 0 Å². The molecule has 2 unspecified atom stereocenters. The SMILES string of the molecule is CCCCC(CCC)CCCC(CCC)C(=O)OC. The van der Waals surface area contributed by atoms with E-state index in [0.717, 1.165) is 25.2 Å². The zero-order chi connectivity index (χ0) is 14.5. The Morgan fingerprint density at radius 1 is 0.842 bits per heavy atom. The summed E-state index contributed by atoms with van der Waals surface area (Å²) in [6.45, 7) is 6.67. The zero-order valence-electron chi connectivity index (χ0n) is 13.5. The highest BCUT2D eigenvalue weighted by atomic mass is 16.5. The average molecular weight is 270 g/mol. The average Bonchev–Trinajstić information content (AvgIpc) is 2.42. The number of rotatable bonds is 12. The molecule has 0 spiro atoms. The molecule has 0 aromatic heterocycles. The third-order valence-electron chi connectivity index (χ3n) is 4.00. The van der Waals surface area contributed by atoms with Gasteiger partial charge in [0.05, 0.1) is 13.0 Å². The van der Waals surface area contributed by atoms with Gasteiger partial charge >= 0.3 is 5.97 Å². The summed E-state index contributed by atoms with van der Waals surface area (Å²) in [6.07, 6.45) is 12.1. The fraction of sp³-hybridized carbons (Fsp3) is 0.941. The van der Waals surface area contributed by atoms with Crippen LogP contribution in [0.4, 0.5) is 0 Å². The van der Waals surface area contributed by atoms with Gasteiger partial charge in [-0.3, -0.25) is 4.79 Å². The van der Waals surface area contributed by atoms with E-state index in [9.17, 15) is 4.79 Å². The second kappa shape index (κ2) is 12.5. The van der Waals surface area contributed by atoms with Crippen LogP contribution in [0.5, 0.6) is 0 Å². The third kappa shape index (κ3) is 9.07. The highest BCUT2D eigenvalue weighted by Gasteiger charge is 2.18. The Balaban J connectivity index is 4.01. The number of hydrogen-bond acceptors (Lipinski definition) is 2. The Bertz CT molecular complexity index is 213. The first-order valence-corrected chi connectivity index (χ1v) is 8.27. The molecular weight excluding hydrogens is 236 g/mol. The Morgan fingerprint density at radius 2 is 1.47 bits per heavy atom. The van der Waals surface area contributed by atoms with Crippen LogP contribution in [-0.4, -0.2) is 13.1 Å². The summed E-state index contributed by atoms with van der Waals surface area (Å²) in [5, 5.41) is 0. The van der Waals surface area contributed by atoms with Gasteiger partial charge in [-0.05, 0) is 18.8 Å². The van der Waals surface area contributed by atoms with Crippen LogP contribution in [-0.2, 0) is 9.53 Å². The summed E-state index contributed by atoms with van der Waals surface area (Å²) in [5.41, 5.74) is 0. The first-order valence-electron chi connectivity index (χ1n) is 8.27. The van der Waals surface area contributed by atoms with Crippen LogP contribution in [0.15, 0.2) is 0 Å². The van der Waals surface area contributed by atoms with Crippen molar-refractivity contribution in [2.24, 2.45) is 11.8 Å². The van der Waals surface area contributed by atoms with E-state index in [1.54, 1.807) is 0 Å². The lowest BCUT2D eigenvalue weighted by atomic mass is 9.89. The van der Waals surface area contributed by atoms with Gasteiger partial charge in [0, 0.05) is 0 Å². The van der Waals surface area contributed by atoms with E-state index in [1.165, 1.54) is 52.1 Å². The van der Waals surface area contributed by atoms with Gasteiger partial charge in [-0.1, -0.05) is 72.1 Å². The molecule has 0 fully saturated rings. The maximum atomic E-state index is 11.7. The molecule has 2 heteroatoms. The van der Waals surface area contributed by atoms with Crippen LogP contribution < -0.4 is 0 Å². The molecule has 2 nitrogen and oxygen atoms in total. The lowest BCUT2D eigenvalue weighted by Gasteiger charge is -2.18. The molecule has 0 N–H and O–H groups in total. The first-order chi connectivity index (χ1) is 9.19. The highest BCUT2D eigenvalue weighted by molar-refractivity contribution is 5.72. The van der Waals surface area contributed by atoms with Gasteiger partial charge in [0.2, 0.25) is 0 Å². The molecule has 0 radical (unpaired) electrons. The number of carbonyl (C=O) groups excluding carboxylic acids is 1. The van der Waals surface area contributed by atoms with Crippen molar-refractivity contribution < 1.29 is 9.53 Å². The summed E-state index contributed by atoms with van der Waals surface area (Å²) in [7, 11) is 1.51. The molecular formula is C17H34O2. The van der Waals surface area contributed by atoms with E-state index in [2.05, 4.69) is 20.8 Å². The molecule has 0 rings (SSSR count). The lowest BCUT2D eigenvalue weighted by Crippen LogP contribution is -2.16. The van der Waals surface area contributed by atoms with E-state index < -0.39 is 0 Å². The maximum absolute atomic E-state index is 11.7. The van der Waals surface area contributed by atoms with Crippen LogP contribution in [0, 0.1) is 11.8 Å². The second-order valence-electron chi connectivity index (χ2n) is 5.74. The van der Waals surface area contributed by atoms with Crippen molar-refractivity contribution in [3.63, 3.8) is 0 Å². The molecule has 114 valence electrons. The van der Waals surface area contributed by atoms with Gasteiger partial charge in [-0.25, -0.2) is 0 Å². The fourth-order valence-electron chi connectivity index (χ4n) is 2.88. The molecule has 0 heterocycles. The molecule has 2 atom stereocenters. The summed E-state index contributed by atoms with van der Waals surface area (Å²) < 4.78 is 4.90. The fourth-order valence-corrected chi connectivity index (χ4v) is 2.88. The van der Waals surface area contributed by atoms with Crippen LogP contribution in [0.2, 0.25) is 0 Å². The predicted molar refractivity (Wildman–Crippen MR) is 82.2 cm³/mol. The Morgan fingerprint density at radius 3 is 2.00 bits per heavy atom. The maximum Gasteiger partial charge on any atom is 0.308 e. The van der Waals surface area contributed by atoms with Crippen LogP contribution in [0.1, 0.15) is 85.0 Å². The van der Waals surface area contributed by atoms with E-state index in [4.69, 9.17) is 4.74 Å². The monoisotopic (exact) mass is 270 g/mol. The highest BCUT2D eigenvalue weighted by Crippen LogP contribution is 2.24. The number of carbonyl (C=O) groups is 1. The molecule has 0 saturated heterocycles. The molecule has 0 aromatic carbocycles. The van der Waals surface area contributed by atoms with Gasteiger partial charge < -0.3 is 4.74 Å². The van der Waals surface area contributed by atoms with Crippen molar-refractivity contribution in [1.29, 1.82) is 0 Å². The minimum Gasteiger partial charge on any atom is -0.469 e. The minimum atomic E-state index is -0.0116. The van der Waals surface area contributed by atoms with Crippen molar-refractivity contribution in [1.82, 2.24) is 0 Å². The normalized spacial score (nSPS) is 14.1.